The highest BCUT2D eigenvalue weighted by atomic mass is 35.5. The van der Waals surface area contributed by atoms with Crippen molar-refractivity contribution < 1.29 is 9.84 Å². The van der Waals surface area contributed by atoms with Crippen molar-refractivity contribution in [3.8, 4) is 22.6 Å². The van der Waals surface area contributed by atoms with Crippen LogP contribution in [-0.2, 0) is 0 Å². The van der Waals surface area contributed by atoms with Gasteiger partial charge in [0.05, 0.1) is 29.5 Å². The highest BCUT2D eigenvalue weighted by molar-refractivity contribution is 6.32. The number of hydrogen-bond donors (Lipinski definition) is 3. The van der Waals surface area contributed by atoms with Crippen molar-refractivity contribution >= 4 is 39.7 Å². The number of aromatic nitrogens is 2. The number of ether oxygens (including phenoxy) is 1. The van der Waals surface area contributed by atoms with Crippen LogP contribution in [0.25, 0.3) is 22.0 Å². The van der Waals surface area contributed by atoms with E-state index in [9.17, 15) is 5.11 Å². The fraction of sp³-hybridized carbons (Fsp3) is 0.200. The zero-order valence-corrected chi connectivity index (χ0v) is 18.9. The van der Waals surface area contributed by atoms with Crippen LogP contribution in [0, 0.1) is 0 Å². The van der Waals surface area contributed by atoms with Gasteiger partial charge in [0.1, 0.15) is 5.82 Å². The molecule has 0 spiro atoms. The van der Waals surface area contributed by atoms with Gasteiger partial charge in [0.25, 0.3) is 0 Å². The third-order valence-corrected chi connectivity index (χ3v) is 6.08. The Balaban J connectivity index is 1.46. The van der Waals surface area contributed by atoms with Crippen LogP contribution in [0.5, 0.6) is 11.5 Å². The number of rotatable bonds is 5. The van der Waals surface area contributed by atoms with Gasteiger partial charge in [-0.1, -0.05) is 17.7 Å². The van der Waals surface area contributed by atoms with Gasteiger partial charge in [0.2, 0.25) is 0 Å². The van der Waals surface area contributed by atoms with Crippen LogP contribution < -0.4 is 20.3 Å². The fourth-order valence-corrected chi connectivity index (χ4v) is 4.24. The van der Waals surface area contributed by atoms with Gasteiger partial charge in [-0.2, -0.15) is 0 Å². The molecule has 2 aromatic heterocycles. The minimum Gasteiger partial charge on any atom is -0.503 e. The first-order valence-corrected chi connectivity index (χ1v) is 11.1. The van der Waals surface area contributed by atoms with Crippen molar-refractivity contribution in [2.24, 2.45) is 0 Å². The molecule has 0 unspecified atom stereocenters. The van der Waals surface area contributed by atoms with E-state index in [0.717, 1.165) is 65.4 Å². The molecule has 3 heterocycles. The number of hydrogen-bond acceptors (Lipinski definition) is 7. The first kappa shape index (κ1) is 21.3. The Morgan fingerprint density at radius 3 is 2.64 bits per heavy atom. The smallest absolute Gasteiger partial charge is 0.176 e. The molecule has 5 rings (SSSR count). The molecule has 8 heteroatoms. The Kier molecular flexibility index (Phi) is 5.90. The van der Waals surface area contributed by atoms with Gasteiger partial charge in [0, 0.05) is 43.4 Å². The number of fused-ring (bicyclic) bond motifs is 1. The fourth-order valence-electron chi connectivity index (χ4n) is 4.03. The largest absolute Gasteiger partial charge is 0.503 e. The highest BCUT2D eigenvalue weighted by Gasteiger charge is 2.13. The molecule has 168 valence electrons. The SMILES string of the molecule is COc1cc(-c2ccc3nccc(Nc4ccc(N5CCNCC5)nc4)c3c2)cc(Cl)c1O. The molecular weight excluding hydrogens is 438 g/mol. The average molecular weight is 462 g/mol. The zero-order valence-electron chi connectivity index (χ0n) is 18.2. The van der Waals surface area contributed by atoms with Crippen molar-refractivity contribution in [3.05, 3.63) is 65.9 Å². The Morgan fingerprint density at radius 1 is 1.03 bits per heavy atom. The molecule has 1 saturated heterocycles. The van der Waals surface area contributed by atoms with Crippen molar-refractivity contribution in [3.63, 3.8) is 0 Å². The zero-order chi connectivity index (χ0) is 22.8. The molecule has 0 aliphatic carbocycles. The second-order valence-corrected chi connectivity index (χ2v) is 8.27. The van der Waals surface area contributed by atoms with E-state index in [-0.39, 0.29) is 10.8 Å². The van der Waals surface area contributed by atoms with E-state index in [4.69, 9.17) is 16.3 Å². The minimum atomic E-state index is -0.0653. The third-order valence-electron chi connectivity index (χ3n) is 5.79. The Hall–Kier alpha value is -3.55. The molecule has 3 N–H and O–H groups in total. The van der Waals surface area contributed by atoms with Gasteiger partial charge >= 0.3 is 0 Å². The lowest BCUT2D eigenvalue weighted by atomic mass is 10.0. The number of nitrogens with one attached hydrogen (secondary N) is 2. The van der Waals surface area contributed by atoms with Crippen molar-refractivity contribution in [2.75, 3.05) is 43.5 Å². The molecule has 7 nitrogen and oxygen atoms in total. The number of nitrogens with zero attached hydrogens (tertiary/aromatic N) is 3. The summed E-state index contributed by atoms with van der Waals surface area (Å²) in [4.78, 5) is 11.4. The van der Waals surface area contributed by atoms with Crippen LogP contribution in [0.4, 0.5) is 17.2 Å². The van der Waals surface area contributed by atoms with Crippen LogP contribution >= 0.6 is 11.6 Å². The molecule has 0 saturated carbocycles. The molecule has 0 amide bonds. The lowest BCUT2D eigenvalue weighted by molar-refractivity contribution is 0.374. The van der Waals surface area contributed by atoms with Gasteiger partial charge in [0.15, 0.2) is 11.5 Å². The number of methoxy groups -OCH3 is 1. The molecule has 1 fully saturated rings. The summed E-state index contributed by atoms with van der Waals surface area (Å²) in [5, 5.41) is 18.1. The Labute approximate surface area is 197 Å². The van der Waals surface area contributed by atoms with Gasteiger partial charge in [-0.3, -0.25) is 4.98 Å². The summed E-state index contributed by atoms with van der Waals surface area (Å²) < 4.78 is 5.26. The monoisotopic (exact) mass is 461 g/mol. The molecule has 1 aliphatic rings. The second-order valence-electron chi connectivity index (χ2n) is 7.87. The van der Waals surface area contributed by atoms with Gasteiger partial charge in [-0.05, 0) is 53.6 Å². The van der Waals surface area contributed by atoms with Crippen LogP contribution in [0.3, 0.4) is 0 Å². The van der Waals surface area contributed by atoms with E-state index in [0.29, 0.717) is 5.75 Å². The van der Waals surface area contributed by atoms with Crippen molar-refractivity contribution in [1.29, 1.82) is 0 Å². The minimum absolute atomic E-state index is 0.0653. The lowest BCUT2D eigenvalue weighted by Crippen LogP contribution is -2.43. The van der Waals surface area contributed by atoms with E-state index in [1.807, 2.05) is 36.5 Å². The van der Waals surface area contributed by atoms with E-state index in [2.05, 4.69) is 31.6 Å². The number of aromatic hydroxyl groups is 1. The number of halogens is 1. The molecular formula is C25H24ClN5O2. The molecule has 0 radical (unpaired) electrons. The highest BCUT2D eigenvalue weighted by Crippen LogP contribution is 2.39. The molecule has 33 heavy (non-hydrogen) atoms. The predicted octanol–water partition coefficient (Wildman–Crippen LogP) is 4.82. The summed E-state index contributed by atoms with van der Waals surface area (Å²) in [6.45, 7) is 3.88. The van der Waals surface area contributed by atoms with Crippen LogP contribution in [0.15, 0.2) is 60.9 Å². The van der Waals surface area contributed by atoms with Crippen molar-refractivity contribution in [2.45, 2.75) is 0 Å². The van der Waals surface area contributed by atoms with Crippen molar-refractivity contribution in [1.82, 2.24) is 15.3 Å². The normalized spacial score (nSPS) is 13.8. The molecule has 0 bridgehead atoms. The maximum atomic E-state index is 10.1. The molecule has 2 aromatic carbocycles. The number of pyridine rings is 2. The summed E-state index contributed by atoms with van der Waals surface area (Å²) in [5.41, 5.74) is 4.47. The summed E-state index contributed by atoms with van der Waals surface area (Å²) in [6, 6.07) is 15.5. The predicted molar refractivity (Wildman–Crippen MR) is 133 cm³/mol. The lowest BCUT2D eigenvalue weighted by Gasteiger charge is -2.28. The van der Waals surface area contributed by atoms with Crippen LogP contribution in [-0.4, -0.2) is 48.4 Å². The van der Waals surface area contributed by atoms with Crippen LogP contribution in [0.1, 0.15) is 0 Å². The average Bonchev–Trinajstić information content (AvgIpc) is 2.86. The number of phenolic OH excluding ortho intramolecular Hbond substituents is 1. The molecule has 1 aliphatic heterocycles. The van der Waals surface area contributed by atoms with E-state index < -0.39 is 0 Å². The standard InChI is InChI=1S/C25H24ClN5O2/c1-33-23-14-17(13-20(26)25(23)32)16-2-4-21-19(12-16)22(6-7-28-21)30-18-3-5-24(29-15-18)31-10-8-27-9-11-31/h2-7,12-15,27,32H,8-11H2,1H3,(H,28,30). The summed E-state index contributed by atoms with van der Waals surface area (Å²) >= 11 is 6.20. The van der Waals surface area contributed by atoms with Gasteiger partial charge in [-0.15, -0.1) is 0 Å². The first-order valence-electron chi connectivity index (χ1n) is 10.8. The maximum absolute atomic E-state index is 10.1. The summed E-state index contributed by atoms with van der Waals surface area (Å²) in [5.74, 6) is 1.25. The van der Waals surface area contributed by atoms with Gasteiger partial charge in [-0.25, -0.2) is 4.98 Å². The van der Waals surface area contributed by atoms with E-state index in [1.54, 1.807) is 18.3 Å². The second kappa shape index (κ2) is 9.13. The number of anilines is 3. The number of benzene rings is 2. The number of piperazine rings is 1. The third kappa shape index (κ3) is 4.37. The quantitative estimate of drug-likeness (QED) is 0.393. The van der Waals surface area contributed by atoms with E-state index in [1.165, 1.54) is 7.11 Å². The Morgan fingerprint density at radius 2 is 1.88 bits per heavy atom. The molecule has 0 atom stereocenters. The number of phenols is 1. The van der Waals surface area contributed by atoms with E-state index >= 15 is 0 Å². The first-order chi connectivity index (χ1) is 16.1. The maximum Gasteiger partial charge on any atom is 0.176 e. The summed E-state index contributed by atoms with van der Waals surface area (Å²) in [7, 11) is 1.50. The molecule has 4 aromatic rings. The topological polar surface area (TPSA) is 82.5 Å². The van der Waals surface area contributed by atoms with Gasteiger partial charge < -0.3 is 25.4 Å². The summed E-state index contributed by atoms with van der Waals surface area (Å²) in [6.07, 6.45) is 3.64. The van der Waals surface area contributed by atoms with Crippen LogP contribution in [0.2, 0.25) is 5.02 Å². The Bertz CT molecular complexity index is 1290.